The van der Waals surface area contributed by atoms with Crippen molar-refractivity contribution in [3.05, 3.63) is 53.5 Å². The summed E-state index contributed by atoms with van der Waals surface area (Å²) in [5.41, 5.74) is 2.17. The van der Waals surface area contributed by atoms with Gasteiger partial charge < -0.3 is 19.0 Å². The number of aryl methyl sites for hydroxylation is 2. The first kappa shape index (κ1) is 18.0. The van der Waals surface area contributed by atoms with E-state index in [1.165, 1.54) is 6.26 Å². The largest absolute Gasteiger partial charge is 0.481 e. The van der Waals surface area contributed by atoms with E-state index in [-0.39, 0.29) is 11.8 Å². The summed E-state index contributed by atoms with van der Waals surface area (Å²) in [4.78, 5) is 28.4. The number of carbonyl (C=O) groups is 2. The Balaban J connectivity index is 1.55. The molecule has 2 heterocycles. The second-order valence-electron chi connectivity index (χ2n) is 6.62. The topological polar surface area (TPSA) is 63.0 Å². The van der Waals surface area contributed by atoms with E-state index in [1.54, 1.807) is 28.9 Å². The molecule has 0 aliphatic carbocycles. The van der Waals surface area contributed by atoms with Gasteiger partial charge in [0.05, 0.1) is 6.26 Å². The van der Waals surface area contributed by atoms with E-state index in [0.717, 1.165) is 16.9 Å². The molecule has 0 spiro atoms. The third kappa shape index (κ3) is 3.90. The second kappa shape index (κ2) is 7.64. The average Bonchev–Trinajstić information content (AvgIpc) is 3.17. The van der Waals surface area contributed by atoms with Gasteiger partial charge >= 0.3 is 0 Å². The third-order valence-electron chi connectivity index (χ3n) is 4.59. The lowest BCUT2D eigenvalue weighted by molar-refractivity contribution is -0.139. The minimum absolute atomic E-state index is 0.0601. The summed E-state index contributed by atoms with van der Waals surface area (Å²) in [5.74, 6) is 0.858. The van der Waals surface area contributed by atoms with Gasteiger partial charge in [-0.2, -0.15) is 0 Å². The van der Waals surface area contributed by atoms with E-state index >= 15 is 0 Å². The van der Waals surface area contributed by atoms with Crippen LogP contribution in [0.3, 0.4) is 0 Å². The van der Waals surface area contributed by atoms with E-state index in [2.05, 4.69) is 0 Å². The number of hydrogen-bond donors (Lipinski definition) is 0. The number of piperazine rings is 1. The lowest BCUT2D eigenvalue weighted by Crippen LogP contribution is -2.53. The van der Waals surface area contributed by atoms with Gasteiger partial charge in [-0.05, 0) is 44.5 Å². The summed E-state index contributed by atoms with van der Waals surface area (Å²) in [6, 6.07) is 9.25. The summed E-state index contributed by atoms with van der Waals surface area (Å²) in [5, 5.41) is 0. The van der Waals surface area contributed by atoms with Crippen LogP contribution in [0, 0.1) is 13.8 Å². The van der Waals surface area contributed by atoms with Gasteiger partial charge in [-0.1, -0.05) is 17.7 Å². The summed E-state index contributed by atoms with van der Waals surface area (Å²) >= 11 is 0. The molecular formula is C20H24N2O4. The van der Waals surface area contributed by atoms with Crippen molar-refractivity contribution in [3.63, 3.8) is 0 Å². The van der Waals surface area contributed by atoms with Gasteiger partial charge in [-0.3, -0.25) is 9.59 Å². The summed E-state index contributed by atoms with van der Waals surface area (Å²) in [6.07, 6.45) is 0.919. The quantitative estimate of drug-likeness (QED) is 0.845. The zero-order valence-corrected chi connectivity index (χ0v) is 15.4. The highest BCUT2D eigenvalue weighted by Gasteiger charge is 2.29. The Morgan fingerprint density at radius 3 is 2.38 bits per heavy atom. The molecule has 1 atom stereocenters. The molecule has 1 aromatic heterocycles. The summed E-state index contributed by atoms with van der Waals surface area (Å²) in [6.45, 7) is 7.72. The number of hydrogen-bond acceptors (Lipinski definition) is 4. The third-order valence-corrected chi connectivity index (χ3v) is 4.59. The Hall–Kier alpha value is -2.76. The van der Waals surface area contributed by atoms with Crippen LogP contribution < -0.4 is 4.74 Å². The van der Waals surface area contributed by atoms with Crippen LogP contribution in [0.2, 0.25) is 0 Å². The van der Waals surface area contributed by atoms with Crippen LogP contribution >= 0.6 is 0 Å². The minimum atomic E-state index is -0.566. The molecule has 1 aliphatic heterocycles. The number of carbonyl (C=O) groups excluding carboxylic acids is 2. The monoisotopic (exact) mass is 356 g/mol. The van der Waals surface area contributed by atoms with Crippen molar-refractivity contribution in [2.45, 2.75) is 26.9 Å². The molecule has 2 amide bonds. The number of rotatable bonds is 4. The number of furan rings is 1. The van der Waals surface area contributed by atoms with Crippen molar-refractivity contribution in [1.82, 2.24) is 9.80 Å². The maximum absolute atomic E-state index is 12.7. The zero-order chi connectivity index (χ0) is 18.7. The fourth-order valence-electron chi connectivity index (χ4n) is 3.12. The van der Waals surface area contributed by atoms with Gasteiger partial charge in [0.25, 0.3) is 11.8 Å². The molecule has 0 bridgehead atoms. The maximum atomic E-state index is 12.7. The molecule has 1 saturated heterocycles. The van der Waals surface area contributed by atoms with Crippen molar-refractivity contribution in [2.24, 2.45) is 0 Å². The molecule has 138 valence electrons. The smallest absolute Gasteiger partial charge is 0.289 e. The van der Waals surface area contributed by atoms with Crippen molar-refractivity contribution in [1.29, 1.82) is 0 Å². The molecule has 1 unspecified atom stereocenters. The Bertz CT molecular complexity index is 777. The maximum Gasteiger partial charge on any atom is 0.289 e. The van der Waals surface area contributed by atoms with E-state index in [1.807, 2.05) is 32.0 Å². The molecule has 0 saturated carbocycles. The lowest BCUT2D eigenvalue weighted by atomic mass is 10.1. The second-order valence-corrected chi connectivity index (χ2v) is 6.62. The van der Waals surface area contributed by atoms with Crippen molar-refractivity contribution in [3.8, 4) is 5.75 Å². The van der Waals surface area contributed by atoms with Crippen LogP contribution in [0.25, 0.3) is 0 Å². The van der Waals surface area contributed by atoms with Crippen LogP contribution in [-0.4, -0.2) is 53.9 Å². The van der Waals surface area contributed by atoms with E-state index < -0.39 is 6.10 Å². The first-order chi connectivity index (χ1) is 12.5. The Morgan fingerprint density at radius 2 is 1.77 bits per heavy atom. The molecule has 1 aliphatic rings. The van der Waals surface area contributed by atoms with Gasteiger partial charge in [0.1, 0.15) is 5.75 Å². The average molecular weight is 356 g/mol. The molecule has 1 fully saturated rings. The molecule has 1 aromatic carbocycles. The molecular weight excluding hydrogens is 332 g/mol. The van der Waals surface area contributed by atoms with Gasteiger partial charge in [0.2, 0.25) is 0 Å². The number of benzene rings is 1. The number of nitrogens with zero attached hydrogens (tertiary/aromatic N) is 2. The summed E-state index contributed by atoms with van der Waals surface area (Å²) < 4.78 is 11.0. The van der Waals surface area contributed by atoms with Crippen LogP contribution in [0.1, 0.15) is 28.6 Å². The highest BCUT2D eigenvalue weighted by molar-refractivity contribution is 5.91. The zero-order valence-electron chi connectivity index (χ0n) is 15.4. The van der Waals surface area contributed by atoms with Crippen LogP contribution in [0.15, 0.2) is 41.0 Å². The molecule has 2 aromatic rings. The molecule has 0 N–H and O–H groups in total. The van der Waals surface area contributed by atoms with Crippen LogP contribution in [0.4, 0.5) is 0 Å². The highest BCUT2D eigenvalue weighted by Crippen LogP contribution is 2.21. The van der Waals surface area contributed by atoms with Gasteiger partial charge in [0.15, 0.2) is 11.9 Å². The van der Waals surface area contributed by atoms with Crippen LogP contribution in [-0.2, 0) is 4.79 Å². The predicted octanol–water partition coefficient (Wildman–Crippen LogP) is 2.65. The van der Waals surface area contributed by atoms with E-state index in [4.69, 9.17) is 9.15 Å². The van der Waals surface area contributed by atoms with E-state index in [9.17, 15) is 9.59 Å². The normalized spacial score (nSPS) is 15.7. The summed E-state index contributed by atoms with van der Waals surface area (Å²) in [7, 11) is 0. The molecule has 6 heteroatoms. The standard InChI is InChI=1S/C20H24N2O4/c1-14-6-7-17(15(2)13-14)26-16(3)19(23)21-8-10-22(11-9-21)20(24)18-5-4-12-25-18/h4-7,12-13,16H,8-11H2,1-3H3. The first-order valence-corrected chi connectivity index (χ1v) is 8.81. The predicted molar refractivity (Wildman–Crippen MR) is 97.2 cm³/mol. The SMILES string of the molecule is Cc1ccc(OC(C)C(=O)N2CCN(C(=O)c3ccco3)CC2)c(C)c1. The number of amides is 2. The van der Waals surface area contributed by atoms with Crippen molar-refractivity contribution >= 4 is 11.8 Å². The molecule has 3 rings (SSSR count). The Labute approximate surface area is 153 Å². The molecule has 26 heavy (non-hydrogen) atoms. The van der Waals surface area contributed by atoms with Crippen molar-refractivity contribution in [2.75, 3.05) is 26.2 Å². The minimum Gasteiger partial charge on any atom is -0.481 e. The van der Waals surface area contributed by atoms with Gasteiger partial charge in [0, 0.05) is 26.2 Å². The van der Waals surface area contributed by atoms with E-state index in [0.29, 0.717) is 31.9 Å². The van der Waals surface area contributed by atoms with Gasteiger partial charge in [-0.25, -0.2) is 0 Å². The molecule has 0 radical (unpaired) electrons. The Kier molecular flexibility index (Phi) is 5.30. The highest BCUT2D eigenvalue weighted by atomic mass is 16.5. The fraction of sp³-hybridized carbons (Fsp3) is 0.400. The van der Waals surface area contributed by atoms with Gasteiger partial charge in [-0.15, -0.1) is 0 Å². The Morgan fingerprint density at radius 1 is 1.08 bits per heavy atom. The van der Waals surface area contributed by atoms with Crippen molar-refractivity contribution < 1.29 is 18.7 Å². The molecule has 6 nitrogen and oxygen atoms in total. The lowest BCUT2D eigenvalue weighted by Gasteiger charge is -2.35. The first-order valence-electron chi connectivity index (χ1n) is 8.81. The fourth-order valence-corrected chi connectivity index (χ4v) is 3.12. The van der Waals surface area contributed by atoms with Crippen LogP contribution in [0.5, 0.6) is 5.75 Å². The number of ether oxygens (including phenoxy) is 1.